The van der Waals surface area contributed by atoms with E-state index in [0.29, 0.717) is 6.54 Å². The van der Waals surface area contributed by atoms with Crippen molar-refractivity contribution in [1.82, 2.24) is 10.2 Å². The molecular formula is C21H26ClN3O2. The first-order valence-corrected chi connectivity index (χ1v) is 9.60. The molecule has 2 aromatic rings. The van der Waals surface area contributed by atoms with Crippen molar-refractivity contribution in [2.45, 2.75) is 19.5 Å². The summed E-state index contributed by atoms with van der Waals surface area (Å²) in [5, 5.41) is 3.80. The van der Waals surface area contributed by atoms with Gasteiger partial charge in [-0.1, -0.05) is 35.9 Å². The Hall–Kier alpha value is -2.24. The highest BCUT2D eigenvalue weighted by Gasteiger charge is 2.26. The zero-order valence-electron chi connectivity index (χ0n) is 15.8. The number of hydrogen-bond donors (Lipinski definition) is 1. The van der Waals surface area contributed by atoms with Gasteiger partial charge in [0.15, 0.2) is 0 Å². The summed E-state index contributed by atoms with van der Waals surface area (Å²) in [6, 6.07) is 15.5. The van der Waals surface area contributed by atoms with Gasteiger partial charge >= 0.3 is 0 Å². The number of methoxy groups -OCH3 is 1. The van der Waals surface area contributed by atoms with Gasteiger partial charge in [-0.05, 0) is 36.8 Å². The quantitative estimate of drug-likeness (QED) is 0.826. The van der Waals surface area contributed by atoms with Crippen LogP contribution >= 0.6 is 11.6 Å². The van der Waals surface area contributed by atoms with Crippen molar-refractivity contribution in [2.75, 3.05) is 38.2 Å². The van der Waals surface area contributed by atoms with Crippen LogP contribution in [0.25, 0.3) is 0 Å². The fourth-order valence-electron chi connectivity index (χ4n) is 3.30. The highest BCUT2D eigenvalue weighted by molar-refractivity contribution is 6.33. The smallest absolute Gasteiger partial charge is 0.237 e. The van der Waals surface area contributed by atoms with Crippen LogP contribution in [0, 0.1) is 0 Å². The maximum Gasteiger partial charge on any atom is 0.237 e. The molecule has 0 aromatic heterocycles. The van der Waals surface area contributed by atoms with Crippen LogP contribution < -0.4 is 15.0 Å². The summed E-state index contributed by atoms with van der Waals surface area (Å²) < 4.78 is 5.15. The molecule has 3 rings (SSSR count). The van der Waals surface area contributed by atoms with E-state index in [2.05, 4.69) is 15.1 Å². The predicted octanol–water partition coefficient (Wildman–Crippen LogP) is 3.18. The van der Waals surface area contributed by atoms with E-state index in [1.807, 2.05) is 55.5 Å². The molecule has 1 amide bonds. The third kappa shape index (κ3) is 4.93. The second-order valence-electron chi connectivity index (χ2n) is 6.72. The molecular weight excluding hydrogens is 362 g/mol. The number of ether oxygens (including phenoxy) is 1. The molecule has 27 heavy (non-hydrogen) atoms. The zero-order chi connectivity index (χ0) is 19.2. The molecule has 1 aliphatic heterocycles. The topological polar surface area (TPSA) is 44.8 Å². The Morgan fingerprint density at radius 3 is 2.41 bits per heavy atom. The lowest BCUT2D eigenvalue weighted by molar-refractivity contribution is -0.126. The first kappa shape index (κ1) is 19.5. The summed E-state index contributed by atoms with van der Waals surface area (Å²) in [5.74, 6) is 0.867. The van der Waals surface area contributed by atoms with Gasteiger partial charge < -0.3 is 15.0 Å². The van der Waals surface area contributed by atoms with Gasteiger partial charge in [0.25, 0.3) is 0 Å². The maximum absolute atomic E-state index is 12.5. The van der Waals surface area contributed by atoms with Gasteiger partial charge in [-0.15, -0.1) is 0 Å². The van der Waals surface area contributed by atoms with E-state index in [9.17, 15) is 4.79 Å². The van der Waals surface area contributed by atoms with Crippen molar-refractivity contribution in [2.24, 2.45) is 0 Å². The molecule has 5 nitrogen and oxygen atoms in total. The number of carbonyl (C=O) groups excluding carboxylic acids is 1. The molecule has 6 heteroatoms. The van der Waals surface area contributed by atoms with Crippen LogP contribution in [-0.2, 0) is 11.3 Å². The average molecular weight is 388 g/mol. The predicted molar refractivity (Wildman–Crippen MR) is 110 cm³/mol. The van der Waals surface area contributed by atoms with Crippen LogP contribution in [0.2, 0.25) is 5.02 Å². The maximum atomic E-state index is 12.5. The van der Waals surface area contributed by atoms with Crippen LogP contribution in [0.1, 0.15) is 12.5 Å². The number of halogens is 1. The van der Waals surface area contributed by atoms with E-state index in [1.165, 1.54) is 0 Å². The van der Waals surface area contributed by atoms with E-state index in [0.717, 1.165) is 48.2 Å². The van der Waals surface area contributed by atoms with Gasteiger partial charge in [-0.2, -0.15) is 0 Å². The molecule has 0 saturated carbocycles. The van der Waals surface area contributed by atoms with E-state index in [1.54, 1.807) is 7.11 Å². The SMILES string of the molecule is COc1ccc(CNC(=O)C(C)N2CCN(c3ccccc3Cl)CC2)cc1. The minimum Gasteiger partial charge on any atom is -0.497 e. The minimum absolute atomic E-state index is 0.0528. The van der Waals surface area contributed by atoms with Crippen LogP contribution in [-0.4, -0.2) is 50.1 Å². The lowest BCUT2D eigenvalue weighted by atomic mass is 10.1. The summed E-state index contributed by atoms with van der Waals surface area (Å²) >= 11 is 6.30. The molecule has 1 N–H and O–H groups in total. The number of hydrogen-bond acceptors (Lipinski definition) is 4. The van der Waals surface area contributed by atoms with E-state index < -0.39 is 0 Å². The molecule has 0 spiro atoms. The molecule has 2 aromatic carbocycles. The van der Waals surface area contributed by atoms with E-state index in [-0.39, 0.29) is 11.9 Å². The average Bonchev–Trinajstić information content (AvgIpc) is 2.72. The minimum atomic E-state index is -0.156. The van der Waals surface area contributed by atoms with Crippen LogP contribution in [0.5, 0.6) is 5.75 Å². The number of para-hydroxylation sites is 1. The number of nitrogens with zero attached hydrogens (tertiary/aromatic N) is 2. The summed E-state index contributed by atoms with van der Waals surface area (Å²) in [7, 11) is 1.64. The van der Waals surface area contributed by atoms with Crippen molar-refractivity contribution in [3.05, 3.63) is 59.1 Å². The molecule has 1 fully saturated rings. The number of carbonyl (C=O) groups is 1. The van der Waals surface area contributed by atoms with Crippen molar-refractivity contribution in [3.8, 4) is 5.75 Å². The Balaban J connectivity index is 1.48. The van der Waals surface area contributed by atoms with Gasteiger partial charge in [0.2, 0.25) is 5.91 Å². The van der Waals surface area contributed by atoms with Crippen molar-refractivity contribution < 1.29 is 9.53 Å². The summed E-state index contributed by atoms with van der Waals surface area (Å²) in [5.41, 5.74) is 2.12. The zero-order valence-corrected chi connectivity index (χ0v) is 16.6. The summed E-state index contributed by atoms with van der Waals surface area (Å²) in [6.45, 7) is 5.88. The Morgan fingerprint density at radius 2 is 1.78 bits per heavy atom. The number of anilines is 1. The first-order valence-electron chi connectivity index (χ1n) is 9.22. The lowest BCUT2D eigenvalue weighted by Crippen LogP contribution is -2.53. The number of amides is 1. The Labute approximate surface area is 165 Å². The van der Waals surface area contributed by atoms with Gasteiger partial charge in [-0.25, -0.2) is 0 Å². The number of nitrogens with one attached hydrogen (secondary N) is 1. The third-order valence-corrected chi connectivity index (χ3v) is 5.38. The van der Waals surface area contributed by atoms with Crippen molar-refractivity contribution in [1.29, 1.82) is 0 Å². The largest absolute Gasteiger partial charge is 0.497 e. The van der Waals surface area contributed by atoms with Crippen molar-refractivity contribution >= 4 is 23.2 Å². The van der Waals surface area contributed by atoms with Crippen LogP contribution in [0.3, 0.4) is 0 Å². The molecule has 0 bridgehead atoms. The Bertz CT molecular complexity index is 758. The summed E-state index contributed by atoms with van der Waals surface area (Å²) in [6.07, 6.45) is 0. The summed E-state index contributed by atoms with van der Waals surface area (Å²) in [4.78, 5) is 17.0. The van der Waals surface area contributed by atoms with Gasteiger partial charge in [0.1, 0.15) is 5.75 Å². The normalized spacial score (nSPS) is 16.0. The van der Waals surface area contributed by atoms with Crippen LogP contribution in [0.15, 0.2) is 48.5 Å². The number of piperazine rings is 1. The second-order valence-corrected chi connectivity index (χ2v) is 7.12. The van der Waals surface area contributed by atoms with E-state index >= 15 is 0 Å². The van der Waals surface area contributed by atoms with Gasteiger partial charge in [0.05, 0.1) is 23.9 Å². The molecule has 1 unspecified atom stereocenters. The molecule has 144 valence electrons. The Kier molecular flexibility index (Phi) is 6.58. The third-order valence-electron chi connectivity index (χ3n) is 5.06. The highest BCUT2D eigenvalue weighted by Crippen LogP contribution is 2.26. The van der Waals surface area contributed by atoms with Crippen LogP contribution in [0.4, 0.5) is 5.69 Å². The molecule has 1 atom stereocenters. The van der Waals surface area contributed by atoms with E-state index in [4.69, 9.17) is 16.3 Å². The highest BCUT2D eigenvalue weighted by atomic mass is 35.5. The molecule has 0 radical (unpaired) electrons. The fraction of sp³-hybridized carbons (Fsp3) is 0.381. The monoisotopic (exact) mass is 387 g/mol. The van der Waals surface area contributed by atoms with Crippen molar-refractivity contribution in [3.63, 3.8) is 0 Å². The van der Waals surface area contributed by atoms with Gasteiger partial charge in [-0.3, -0.25) is 9.69 Å². The lowest BCUT2D eigenvalue weighted by Gasteiger charge is -2.38. The molecule has 0 aliphatic carbocycles. The number of rotatable bonds is 6. The molecule has 1 saturated heterocycles. The second kappa shape index (κ2) is 9.11. The number of benzene rings is 2. The standard InChI is InChI=1S/C21H26ClN3O2/c1-16(21(26)23-15-17-7-9-18(27-2)10-8-17)24-11-13-25(14-12-24)20-6-4-3-5-19(20)22/h3-10,16H,11-15H2,1-2H3,(H,23,26). The van der Waals surface area contributed by atoms with Gasteiger partial charge in [0, 0.05) is 32.7 Å². The Morgan fingerprint density at radius 1 is 1.11 bits per heavy atom. The molecule has 1 aliphatic rings. The molecule has 1 heterocycles. The first-order chi connectivity index (χ1) is 13.1. The fourth-order valence-corrected chi connectivity index (χ4v) is 3.56.